The highest BCUT2D eigenvalue weighted by molar-refractivity contribution is 6.19. The molecule has 41 heavy (non-hydrogen) atoms. The number of rotatable bonds is 4. The second kappa shape index (κ2) is 9.50. The Hall–Kier alpha value is -5.68. The van der Waals surface area contributed by atoms with E-state index >= 15 is 0 Å². The van der Waals surface area contributed by atoms with Crippen molar-refractivity contribution in [1.29, 1.82) is 0 Å². The largest absolute Gasteiger partial charge is 0.455 e. The van der Waals surface area contributed by atoms with Crippen molar-refractivity contribution in [3.63, 3.8) is 0 Å². The van der Waals surface area contributed by atoms with Crippen molar-refractivity contribution in [3.8, 4) is 45.4 Å². The zero-order valence-corrected chi connectivity index (χ0v) is 21.9. The van der Waals surface area contributed by atoms with Gasteiger partial charge in [-0.05, 0) is 24.3 Å². The van der Waals surface area contributed by atoms with Crippen molar-refractivity contribution in [2.24, 2.45) is 0 Å². The Kier molecular flexibility index (Phi) is 5.38. The molecule has 5 aromatic carbocycles. The van der Waals surface area contributed by atoms with Crippen LogP contribution >= 0.6 is 0 Å². The van der Waals surface area contributed by atoms with E-state index in [-0.39, 0.29) is 0 Å². The summed E-state index contributed by atoms with van der Waals surface area (Å²) in [6, 6.07) is 44.5. The van der Waals surface area contributed by atoms with Crippen LogP contribution in [0.25, 0.3) is 78.3 Å². The lowest BCUT2D eigenvalue weighted by atomic mass is 10.0. The fourth-order valence-corrected chi connectivity index (χ4v) is 5.34. The number of fused-ring (bicyclic) bond motifs is 5. The van der Waals surface area contributed by atoms with Gasteiger partial charge in [-0.1, -0.05) is 109 Å². The van der Waals surface area contributed by atoms with Gasteiger partial charge in [0.1, 0.15) is 11.2 Å². The maximum atomic E-state index is 6.51. The Balaban J connectivity index is 1.39. The van der Waals surface area contributed by atoms with Gasteiger partial charge in [-0.3, -0.25) is 0 Å². The van der Waals surface area contributed by atoms with Crippen molar-refractivity contribution in [2.75, 3.05) is 0 Å². The minimum Gasteiger partial charge on any atom is -0.455 e. The van der Waals surface area contributed by atoms with Gasteiger partial charge >= 0.3 is 0 Å². The second-order valence-electron chi connectivity index (χ2n) is 9.90. The van der Waals surface area contributed by atoms with Crippen LogP contribution < -0.4 is 0 Å². The molecule has 3 heterocycles. The smallest absolute Gasteiger partial charge is 0.164 e. The fraction of sp³-hybridized carbons (Fsp3) is 0. The number of nitrogens with zero attached hydrogens (tertiary/aromatic N) is 4. The van der Waals surface area contributed by atoms with Gasteiger partial charge in [-0.25, -0.2) is 19.9 Å². The van der Waals surface area contributed by atoms with Gasteiger partial charge in [0, 0.05) is 33.0 Å². The summed E-state index contributed by atoms with van der Waals surface area (Å²) in [4.78, 5) is 19.8. The van der Waals surface area contributed by atoms with Crippen LogP contribution in [0.5, 0.6) is 0 Å². The quantitative estimate of drug-likeness (QED) is 0.229. The summed E-state index contributed by atoms with van der Waals surface area (Å²) in [6.07, 6.45) is 0. The monoisotopic (exact) mass is 526 g/mol. The van der Waals surface area contributed by atoms with Crippen LogP contribution in [0.3, 0.4) is 0 Å². The number of benzene rings is 5. The van der Waals surface area contributed by atoms with E-state index in [0.29, 0.717) is 17.5 Å². The average molecular weight is 527 g/mol. The lowest BCUT2D eigenvalue weighted by Crippen LogP contribution is -2.00. The van der Waals surface area contributed by atoms with E-state index in [1.807, 2.05) is 109 Å². The van der Waals surface area contributed by atoms with E-state index in [1.165, 1.54) is 0 Å². The summed E-state index contributed by atoms with van der Waals surface area (Å²) >= 11 is 0. The second-order valence-corrected chi connectivity index (χ2v) is 9.90. The van der Waals surface area contributed by atoms with Gasteiger partial charge in [-0.2, -0.15) is 0 Å². The summed E-state index contributed by atoms with van der Waals surface area (Å²) in [6.45, 7) is 0. The van der Waals surface area contributed by atoms with Crippen molar-refractivity contribution >= 4 is 32.8 Å². The Morgan fingerprint density at radius 2 is 0.951 bits per heavy atom. The molecule has 8 aromatic rings. The van der Waals surface area contributed by atoms with E-state index < -0.39 is 0 Å². The van der Waals surface area contributed by atoms with E-state index in [2.05, 4.69) is 24.3 Å². The first-order valence-corrected chi connectivity index (χ1v) is 13.5. The maximum absolute atomic E-state index is 6.51. The highest BCUT2D eigenvalue weighted by atomic mass is 16.3. The Labute approximate surface area is 235 Å². The van der Waals surface area contributed by atoms with Gasteiger partial charge in [0.15, 0.2) is 17.5 Å². The molecule has 0 radical (unpaired) electrons. The molecule has 0 saturated carbocycles. The first-order valence-electron chi connectivity index (χ1n) is 13.5. The summed E-state index contributed by atoms with van der Waals surface area (Å²) in [5.74, 6) is 1.85. The number of furan rings is 1. The zero-order chi connectivity index (χ0) is 27.2. The van der Waals surface area contributed by atoms with Crippen LogP contribution in [0.4, 0.5) is 0 Å². The minimum absolute atomic E-state index is 0.594. The zero-order valence-electron chi connectivity index (χ0n) is 21.9. The predicted octanol–water partition coefficient (Wildman–Crippen LogP) is 8.99. The van der Waals surface area contributed by atoms with Crippen LogP contribution in [0.15, 0.2) is 138 Å². The summed E-state index contributed by atoms with van der Waals surface area (Å²) in [5, 5.41) is 2.96. The third-order valence-electron chi connectivity index (χ3n) is 7.31. The third-order valence-corrected chi connectivity index (χ3v) is 7.31. The molecule has 0 N–H and O–H groups in total. The Morgan fingerprint density at radius 3 is 1.59 bits per heavy atom. The molecule has 0 amide bonds. The molecule has 0 aliphatic carbocycles. The highest BCUT2D eigenvalue weighted by Crippen LogP contribution is 2.40. The number of hydrogen-bond donors (Lipinski definition) is 0. The number of aromatic nitrogens is 4. The van der Waals surface area contributed by atoms with E-state index in [9.17, 15) is 0 Å². The summed E-state index contributed by atoms with van der Waals surface area (Å²) in [5.41, 5.74) is 7.17. The molecule has 8 rings (SSSR count). The molecule has 0 bridgehead atoms. The molecular weight excluding hydrogens is 504 g/mol. The average Bonchev–Trinajstić information content (AvgIpc) is 3.45. The predicted molar refractivity (Wildman–Crippen MR) is 164 cm³/mol. The van der Waals surface area contributed by atoms with E-state index in [4.69, 9.17) is 24.4 Å². The maximum Gasteiger partial charge on any atom is 0.164 e. The molecule has 5 heteroatoms. The molecule has 5 nitrogen and oxygen atoms in total. The molecule has 0 unspecified atom stereocenters. The van der Waals surface area contributed by atoms with Gasteiger partial charge in [0.05, 0.1) is 16.6 Å². The molecule has 0 saturated heterocycles. The van der Waals surface area contributed by atoms with Gasteiger partial charge in [-0.15, -0.1) is 0 Å². The van der Waals surface area contributed by atoms with Crippen molar-refractivity contribution in [1.82, 2.24) is 19.9 Å². The van der Waals surface area contributed by atoms with Crippen molar-refractivity contribution in [3.05, 3.63) is 133 Å². The van der Waals surface area contributed by atoms with Gasteiger partial charge in [0.25, 0.3) is 0 Å². The minimum atomic E-state index is 0.594. The normalized spacial score (nSPS) is 11.4. The fourth-order valence-electron chi connectivity index (χ4n) is 5.34. The van der Waals surface area contributed by atoms with Crippen LogP contribution in [-0.4, -0.2) is 19.9 Å². The molecule has 0 atom stereocenters. The SMILES string of the molecule is c1ccc(-c2nc(-c3ccccc3)nc(-c3ccc4nc(-c5ccccc5)c5c6ccccc6oc5c4c3)n2)cc1. The molecule has 192 valence electrons. The number of para-hydroxylation sites is 1. The summed E-state index contributed by atoms with van der Waals surface area (Å²) in [7, 11) is 0. The van der Waals surface area contributed by atoms with Crippen LogP contribution in [0.2, 0.25) is 0 Å². The van der Waals surface area contributed by atoms with E-state index in [0.717, 1.165) is 60.8 Å². The van der Waals surface area contributed by atoms with Crippen LogP contribution in [-0.2, 0) is 0 Å². The first-order chi connectivity index (χ1) is 20.3. The Bertz CT molecular complexity index is 2130. The van der Waals surface area contributed by atoms with E-state index in [1.54, 1.807) is 0 Å². The van der Waals surface area contributed by atoms with Gasteiger partial charge < -0.3 is 4.42 Å². The van der Waals surface area contributed by atoms with Crippen molar-refractivity contribution < 1.29 is 4.42 Å². The standard InChI is InChI=1S/C36H22N4O/c1-4-12-23(13-5-1)32-31-27-18-10-11-19-30(27)41-33(31)28-22-26(20-21-29(28)37-32)36-39-34(24-14-6-2-7-15-24)38-35(40-36)25-16-8-3-9-17-25/h1-22H. The molecule has 0 aliphatic rings. The lowest BCUT2D eigenvalue weighted by molar-refractivity contribution is 0.672. The van der Waals surface area contributed by atoms with Crippen molar-refractivity contribution in [2.45, 2.75) is 0 Å². The lowest BCUT2D eigenvalue weighted by Gasteiger charge is -2.10. The molecule has 0 fully saturated rings. The third kappa shape index (κ3) is 4.03. The molecule has 0 aliphatic heterocycles. The van der Waals surface area contributed by atoms with Crippen LogP contribution in [0.1, 0.15) is 0 Å². The highest BCUT2D eigenvalue weighted by Gasteiger charge is 2.19. The first kappa shape index (κ1) is 23.2. The molecule has 0 spiro atoms. The van der Waals surface area contributed by atoms with Gasteiger partial charge in [0.2, 0.25) is 0 Å². The molecular formula is C36H22N4O. The van der Waals surface area contributed by atoms with Crippen LogP contribution in [0, 0.1) is 0 Å². The topological polar surface area (TPSA) is 64.7 Å². The number of pyridine rings is 1. The number of hydrogen-bond acceptors (Lipinski definition) is 5. The molecule has 3 aromatic heterocycles. The summed E-state index contributed by atoms with van der Waals surface area (Å²) < 4.78 is 6.51. The Morgan fingerprint density at radius 1 is 0.415 bits per heavy atom.